The molecule has 2 aliphatic rings. The summed E-state index contributed by atoms with van der Waals surface area (Å²) >= 11 is 0. The van der Waals surface area contributed by atoms with E-state index in [4.69, 9.17) is 4.42 Å². The lowest BCUT2D eigenvalue weighted by Crippen LogP contribution is -2.42. The second-order valence-corrected chi connectivity index (χ2v) is 6.36. The minimum absolute atomic E-state index is 0.0232. The Balaban J connectivity index is 1.63. The molecule has 3 aromatic rings. The number of furan rings is 1. The summed E-state index contributed by atoms with van der Waals surface area (Å²) in [6, 6.07) is 5.76. The topological polar surface area (TPSA) is 63.6 Å². The summed E-state index contributed by atoms with van der Waals surface area (Å²) in [5.74, 6) is 0.388. The van der Waals surface area contributed by atoms with Crippen molar-refractivity contribution in [3.8, 4) is 0 Å². The van der Waals surface area contributed by atoms with Crippen LogP contribution in [-0.2, 0) is 6.42 Å². The molecule has 0 N–H and O–H groups in total. The monoisotopic (exact) mass is 308 g/mol. The van der Waals surface area contributed by atoms with Crippen molar-refractivity contribution in [2.45, 2.75) is 38.3 Å². The minimum atomic E-state index is -0.0232. The first-order valence-corrected chi connectivity index (χ1v) is 7.92. The molecule has 5 heterocycles. The Labute approximate surface area is 132 Å². The Kier molecular flexibility index (Phi) is 2.48. The third-order valence-electron chi connectivity index (χ3n) is 4.99. The molecule has 0 aromatic carbocycles. The van der Waals surface area contributed by atoms with Gasteiger partial charge in [0.1, 0.15) is 0 Å². The van der Waals surface area contributed by atoms with E-state index in [0.717, 1.165) is 36.2 Å². The van der Waals surface area contributed by atoms with Crippen LogP contribution < -0.4 is 0 Å². The summed E-state index contributed by atoms with van der Waals surface area (Å²) in [5.41, 5.74) is 4.16. The lowest BCUT2D eigenvalue weighted by Gasteiger charge is -2.35. The van der Waals surface area contributed by atoms with Crippen LogP contribution in [0.2, 0.25) is 0 Å². The predicted octanol–water partition coefficient (Wildman–Crippen LogP) is 2.53. The SMILES string of the molecule is Cc1cc2ncc3c(n2n1)CC1CCC3N1C(=O)c1ccco1. The lowest BCUT2D eigenvalue weighted by molar-refractivity contribution is 0.0609. The van der Waals surface area contributed by atoms with E-state index in [0.29, 0.717) is 5.76 Å². The van der Waals surface area contributed by atoms with Gasteiger partial charge in [-0.15, -0.1) is 0 Å². The molecule has 0 radical (unpaired) electrons. The molecule has 116 valence electrons. The molecule has 5 rings (SSSR count). The fourth-order valence-corrected chi connectivity index (χ4v) is 4.04. The van der Waals surface area contributed by atoms with Gasteiger partial charge in [-0.3, -0.25) is 4.79 Å². The van der Waals surface area contributed by atoms with Gasteiger partial charge >= 0.3 is 0 Å². The van der Waals surface area contributed by atoms with Crippen LogP contribution in [0.4, 0.5) is 0 Å². The van der Waals surface area contributed by atoms with Crippen molar-refractivity contribution in [3.63, 3.8) is 0 Å². The van der Waals surface area contributed by atoms with Gasteiger partial charge in [-0.2, -0.15) is 5.10 Å². The number of fused-ring (bicyclic) bond motifs is 6. The van der Waals surface area contributed by atoms with E-state index in [1.54, 1.807) is 18.4 Å². The molecule has 0 saturated carbocycles. The smallest absolute Gasteiger partial charge is 0.290 e. The van der Waals surface area contributed by atoms with Gasteiger partial charge in [0.2, 0.25) is 0 Å². The fourth-order valence-electron chi connectivity index (χ4n) is 4.04. The van der Waals surface area contributed by atoms with Crippen molar-refractivity contribution >= 4 is 11.6 Å². The first-order chi connectivity index (χ1) is 11.2. The van der Waals surface area contributed by atoms with Crippen molar-refractivity contribution in [2.24, 2.45) is 0 Å². The first kappa shape index (κ1) is 12.9. The number of amides is 1. The second kappa shape index (κ2) is 4.44. The molecule has 6 nitrogen and oxygen atoms in total. The lowest BCUT2D eigenvalue weighted by atomic mass is 9.99. The quantitative estimate of drug-likeness (QED) is 0.693. The van der Waals surface area contributed by atoms with E-state index in [9.17, 15) is 4.79 Å². The number of carbonyl (C=O) groups excluding carboxylic acids is 1. The summed E-state index contributed by atoms with van der Waals surface area (Å²) in [4.78, 5) is 19.3. The van der Waals surface area contributed by atoms with Crippen LogP contribution in [0.25, 0.3) is 5.65 Å². The van der Waals surface area contributed by atoms with E-state index in [1.807, 2.05) is 28.6 Å². The van der Waals surface area contributed by atoms with Crippen LogP contribution in [0.1, 0.15) is 46.4 Å². The summed E-state index contributed by atoms with van der Waals surface area (Å²) in [5, 5.41) is 4.58. The van der Waals surface area contributed by atoms with Gasteiger partial charge in [0, 0.05) is 30.3 Å². The Morgan fingerprint density at radius 1 is 1.39 bits per heavy atom. The molecule has 1 saturated heterocycles. The van der Waals surface area contributed by atoms with Gasteiger partial charge in [-0.25, -0.2) is 9.50 Å². The highest BCUT2D eigenvalue weighted by molar-refractivity contribution is 5.92. The Morgan fingerprint density at radius 3 is 3.13 bits per heavy atom. The largest absolute Gasteiger partial charge is 0.459 e. The van der Waals surface area contributed by atoms with Crippen molar-refractivity contribution < 1.29 is 9.21 Å². The molecule has 6 heteroatoms. The van der Waals surface area contributed by atoms with Crippen molar-refractivity contribution in [2.75, 3.05) is 0 Å². The van der Waals surface area contributed by atoms with Crippen LogP contribution in [0.3, 0.4) is 0 Å². The number of aryl methyl sites for hydroxylation is 1. The standard InChI is InChI=1S/C17H16N4O2/c1-10-7-16-18-9-12-13-5-4-11(8-14(12)21(16)19-10)20(13)17(22)15-3-2-6-23-15/h2-3,6-7,9,11,13H,4-5,8H2,1H3. The third kappa shape index (κ3) is 1.72. The molecule has 2 unspecified atom stereocenters. The number of hydrogen-bond acceptors (Lipinski definition) is 4. The molecule has 0 spiro atoms. The van der Waals surface area contributed by atoms with Crippen molar-refractivity contribution in [3.05, 3.63) is 53.4 Å². The highest BCUT2D eigenvalue weighted by Crippen LogP contribution is 2.44. The van der Waals surface area contributed by atoms with Crippen molar-refractivity contribution in [1.82, 2.24) is 19.5 Å². The van der Waals surface area contributed by atoms with Gasteiger partial charge in [0.15, 0.2) is 11.4 Å². The van der Waals surface area contributed by atoms with Gasteiger partial charge in [-0.05, 0) is 31.9 Å². The van der Waals surface area contributed by atoms with Crippen LogP contribution in [-0.4, -0.2) is 31.4 Å². The maximum Gasteiger partial charge on any atom is 0.290 e. The molecular formula is C17H16N4O2. The molecule has 2 bridgehead atoms. The van der Waals surface area contributed by atoms with Crippen LogP contribution in [0.5, 0.6) is 0 Å². The van der Waals surface area contributed by atoms with Crippen molar-refractivity contribution in [1.29, 1.82) is 0 Å². The maximum absolute atomic E-state index is 12.8. The summed E-state index contributed by atoms with van der Waals surface area (Å²) in [7, 11) is 0. The molecule has 0 aliphatic carbocycles. The zero-order chi connectivity index (χ0) is 15.6. The number of aromatic nitrogens is 3. The number of carbonyl (C=O) groups is 1. The normalized spacial score (nSPS) is 22.6. The van der Waals surface area contributed by atoms with E-state index in [1.165, 1.54) is 5.69 Å². The minimum Gasteiger partial charge on any atom is -0.459 e. The molecule has 1 amide bonds. The van der Waals surface area contributed by atoms with Crippen LogP contribution in [0.15, 0.2) is 35.1 Å². The van der Waals surface area contributed by atoms with E-state index < -0.39 is 0 Å². The van der Waals surface area contributed by atoms with E-state index in [-0.39, 0.29) is 18.0 Å². The third-order valence-corrected chi connectivity index (χ3v) is 4.99. The zero-order valence-corrected chi connectivity index (χ0v) is 12.8. The van der Waals surface area contributed by atoms with Gasteiger partial charge in [0.05, 0.1) is 23.7 Å². The average molecular weight is 308 g/mol. The Morgan fingerprint density at radius 2 is 2.30 bits per heavy atom. The number of nitrogens with zero attached hydrogens (tertiary/aromatic N) is 4. The first-order valence-electron chi connectivity index (χ1n) is 7.92. The van der Waals surface area contributed by atoms with Gasteiger partial charge in [0.25, 0.3) is 5.91 Å². The van der Waals surface area contributed by atoms with Crippen LogP contribution in [0, 0.1) is 6.92 Å². The second-order valence-electron chi connectivity index (χ2n) is 6.36. The maximum atomic E-state index is 12.8. The Hall–Kier alpha value is -2.63. The number of rotatable bonds is 1. The highest BCUT2D eigenvalue weighted by atomic mass is 16.3. The summed E-state index contributed by atoms with van der Waals surface area (Å²) in [6.07, 6.45) is 6.26. The zero-order valence-electron chi connectivity index (χ0n) is 12.8. The Bertz CT molecular complexity index is 912. The van der Waals surface area contributed by atoms with Crippen LogP contribution >= 0.6 is 0 Å². The van der Waals surface area contributed by atoms with E-state index in [2.05, 4.69) is 10.1 Å². The fraction of sp³-hybridized carbons (Fsp3) is 0.353. The van der Waals surface area contributed by atoms with Gasteiger partial charge < -0.3 is 9.32 Å². The highest BCUT2D eigenvalue weighted by Gasteiger charge is 2.44. The molecule has 23 heavy (non-hydrogen) atoms. The summed E-state index contributed by atoms with van der Waals surface area (Å²) < 4.78 is 7.26. The van der Waals surface area contributed by atoms with E-state index >= 15 is 0 Å². The number of hydrogen-bond donors (Lipinski definition) is 0. The summed E-state index contributed by atoms with van der Waals surface area (Å²) in [6.45, 7) is 1.98. The molecule has 3 aromatic heterocycles. The van der Waals surface area contributed by atoms with Gasteiger partial charge in [-0.1, -0.05) is 0 Å². The molecule has 2 aliphatic heterocycles. The molecule has 1 fully saturated rings. The predicted molar refractivity (Wildman–Crippen MR) is 82.1 cm³/mol. The molecular weight excluding hydrogens is 292 g/mol. The molecule has 2 atom stereocenters. The average Bonchev–Trinajstić information content (AvgIpc) is 3.25.